The quantitative estimate of drug-likeness (QED) is 0.699. The van der Waals surface area contributed by atoms with Crippen LogP contribution in [0.25, 0.3) is 0 Å². The highest BCUT2D eigenvalue weighted by atomic mass is 16.5. The Hall–Kier alpha value is -1.75. The molecule has 5 nitrogen and oxygen atoms in total. The molecule has 0 saturated heterocycles. The van der Waals surface area contributed by atoms with E-state index < -0.39 is 0 Å². The average Bonchev–Trinajstić information content (AvgIpc) is 2.45. The summed E-state index contributed by atoms with van der Waals surface area (Å²) in [6.45, 7) is 4.50. The van der Waals surface area contributed by atoms with Crippen LogP contribution < -0.4 is 20.1 Å². The first kappa shape index (κ1) is 15.3. The molecule has 0 aromatic heterocycles. The molecule has 106 valence electrons. The summed E-state index contributed by atoms with van der Waals surface area (Å²) in [4.78, 5) is 12.1. The lowest BCUT2D eigenvalue weighted by atomic mass is 10.1. The van der Waals surface area contributed by atoms with Crippen LogP contribution in [0.3, 0.4) is 0 Å². The van der Waals surface area contributed by atoms with Gasteiger partial charge in [-0.25, -0.2) is 0 Å². The topological polar surface area (TPSA) is 59.6 Å². The second-order valence-corrected chi connectivity index (χ2v) is 4.00. The van der Waals surface area contributed by atoms with Gasteiger partial charge in [0.2, 0.25) is 0 Å². The maximum Gasteiger partial charge on any atom is 0.258 e. The number of methoxy groups -OCH3 is 2. The van der Waals surface area contributed by atoms with Gasteiger partial charge in [0.1, 0.15) is 17.1 Å². The number of ether oxygens (including phenoxy) is 2. The molecule has 1 aromatic carbocycles. The number of nitrogens with one attached hydrogen (secondary N) is 2. The first-order chi connectivity index (χ1) is 9.24. The molecule has 0 aliphatic rings. The van der Waals surface area contributed by atoms with Crippen LogP contribution >= 0.6 is 0 Å². The van der Waals surface area contributed by atoms with E-state index in [1.807, 2.05) is 0 Å². The van der Waals surface area contributed by atoms with E-state index in [1.165, 1.54) is 14.2 Å². The van der Waals surface area contributed by atoms with Crippen LogP contribution in [0.5, 0.6) is 11.5 Å². The largest absolute Gasteiger partial charge is 0.496 e. The van der Waals surface area contributed by atoms with Crippen LogP contribution in [-0.4, -0.2) is 39.8 Å². The Bertz CT molecular complexity index is 385. The number of amides is 1. The van der Waals surface area contributed by atoms with Gasteiger partial charge in [-0.1, -0.05) is 13.0 Å². The minimum absolute atomic E-state index is 0.175. The zero-order valence-corrected chi connectivity index (χ0v) is 11.8. The van der Waals surface area contributed by atoms with Crippen molar-refractivity contribution in [2.75, 3.05) is 33.9 Å². The Labute approximate surface area is 114 Å². The zero-order chi connectivity index (χ0) is 14.1. The number of hydrogen-bond acceptors (Lipinski definition) is 4. The van der Waals surface area contributed by atoms with Gasteiger partial charge >= 0.3 is 0 Å². The van der Waals surface area contributed by atoms with E-state index in [0.29, 0.717) is 23.6 Å². The van der Waals surface area contributed by atoms with Crippen molar-refractivity contribution in [2.24, 2.45) is 0 Å². The van der Waals surface area contributed by atoms with E-state index in [1.54, 1.807) is 18.2 Å². The molecule has 0 heterocycles. The Morgan fingerprint density at radius 3 is 2.32 bits per heavy atom. The van der Waals surface area contributed by atoms with Gasteiger partial charge in [-0.3, -0.25) is 4.79 Å². The van der Waals surface area contributed by atoms with Crippen molar-refractivity contribution in [3.05, 3.63) is 23.8 Å². The summed E-state index contributed by atoms with van der Waals surface area (Å²) in [6.07, 6.45) is 0.886. The van der Waals surface area contributed by atoms with Crippen LogP contribution in [0.1, 0.15) is 23.7 Å². The molecular weight excluding hydrogens is 244 g/mol. The van der Waals surface area contributed by atoms with Gasteiger partial charge in [-0.2, -0.15) is 0 Å². The van der Waals surface area contributed by atoms with Gasteiger partial charge in [-0.15, -0.1) is 0 Å². The summed E-state index contributed by atoms with van der Waals surface area (Å²) in [5.41, 5.74) is 0.441. The van der Waals surface area contributed by atoms with E-state index in [2.05, 4.69) is 17.6 Å². The molecular formula is C14H22N2O3. The number of carbonyl (C=O) groups excluding carboxylic acids is 1. The minimum Gasteiger partial charge on any atom is -0.496 e. The number of rotatable bonds is 8. The Morgan fingerprint density at radius 2 is 1.79 bits per heavy atom. The van der Waals surface area contributed by atoms with Crippen molar-refractivity contribution >= 4 is 5.91 Å². The predicted octanol–water partition coefficient (Wildman–Crippen LogP) is 1.43. The molecule has 5 heteroatoms. The Balaban J connectivity index is 2.65. The molecule has 1 amide bonds. The van der Waals surface area contributed by atoms with E-state index in [-0.39, 0.29) is 5.91 Å². The second-order valence-electron chi connectivity index (χ2n) is 4.00. The summed E-state index contributed by atoms with van der Waals surface area (Å²) in [5.74, 6) is 0.859. The van der Waals surface area contributed by atoms with Crippen molar-refractivity contribution in [2.45, 2.75) is 13.3 Å². The smallest absolute Gasteiger partial charge is 0.258 e. The highest BCUT2D eigenvalue weighted by Gasteiger charge is 2.17. The van der Waals surface area contributed by atoms with E-state index in [4.69, 9.17) is 9.47 Å². The van der Waals surface area contributed by atoms with Crippen LogP contribution in [0.15, 0.2) is 18.2 Å². The normalized spacial score (nSPS) is 10.1. The lowest BCUT2D eigenvalue weighted by Crippen LogP contribution is -2.28. The summed E-state index contributed by atoms with van der Waals surface area (Å²) in [6, 6.07) is 5.28. The SMILES string of the molecule is CCNCCCNC(=O)c1c(OC)cccc1OC. The molecule has 0 spiro atoms. The summed E-state index contributed by atoms with van der Waals surface area (Å²) in [7, 11) is 3.08. The van der Waals surface area contributed by atoms with Crippen LogP contribution in [0.4, 0.5) is 0 Å². The van der Waals surface area contributed by atoms with Gasteiger partial charge in [0.05, 0.1) is 14.2 Å². The predicted molar refractivity (Wildman–Crippen MR) is 75.0 cm³/mol. The maximum absolute atomic E-state index is 12.1. The van der Waals surface area contributed by atoms with Crippen LogP contribution in [0, 0.1) is 0 Å². The number of benzene rings is 1. The van der Waals surface area contributed by atoms with E-state index >= 15 is 0 Å². The van der Waals surface area contributed by atoms with E-state index in [9.17, 15) is 4.79 Å². The molecule has 0 atom stereocenters. The van der Waals surface area contributed by atoms with Crippen molar-refractivity contribution in [1.82, 2.24) is 10.6 Å². The van der Waals surface area contributed by atoms with Crippen molar-refractivity contribution in [3.63, 3.8) is 0 Å². The third-order valence-corrected chi connectivity index (χ3v) is 2.72. The molecule has 0 fully saturated rings. The summed E-state index contributed by atoms with van der Waals surface area (Å²) < 4.78 is 10.4. The van der Waals surface area contributed by atoms with Gasteiger partial charge in [0.15, 0.2) is 0 Å². The Kier molecular flexibility index (Phi) is 6.74. The fourth-order valence-electron chi connectivity index (χ4n) is 1.76. The highest BCUT2D eigenvalue weighted by Crippen LogP contribution is 2.27. The van der Waals surface area contributed by atoms with Crippen molar-refractivity contribution in [3.8, 4) is 11.5 Å². The minimum atomic E-state index is -0.175. The second kappa shape index (κ2) is 8.37. The standard InChI is InChI=1S/C14H22N2O3/c1-4-15-9-6-10-16-14(17)13-11(18-2)7-5-8-12(13)19-3/h5,7-8,15H,4,6,9-10H2,1-3H3,(H,16,17). The average molecular weight is 266 g/mol. The molecule has 2 N–H and O–H groups in total. The molecule has 1 rings (SSSR count). The van der Waals surface area contributed by atoms with Crippen molar-refractivity contribution < 1.29 is 14.3 Å². The molecule has 1 aromatic rings. The maximum atomic E-state index is 12.1. The van der Waals surface area contributed by atoms with Gasteiger partial charge in [-0.05, 0) is 31.6 Å². The number of hydrogen-bond donors (Lipinski definition) is 2. The molecule has 19 heavy (non-hydrogen) atoms. The van der Waals surface area contributed by atoms with Crippen molar-refractivity contribution in [1.29, 1.82) is 0 Å². The van der Waals surface area contributed by atoms with Gasteiger partial charge < -0.3 is 20.1 Å². The molecule has 0 bridgehead atoms. The monoisotopic (exact) mass is 266 g/mol. The Morgan fingerprint density at radius 1 is 1.16 bits per heavy atom. The van der Waals surface area contributed by atoms with Gasteiger partial charge in [0, 0.05) is 6.54 Å². The first-order valence-electron chi connectivity index (χ1n) is 6.44. The fraction of sp³-hybridized carbons (Fsp3) is 0.500. The molecule has 0 radical (unpaired) electrons. The zero-order valence-electron chi connectivity index (χ0n) is 11.8. The molecule has 0 aliphatic carbocycles. The lowest BCUT2D eigenvalue weighted by Gasteiger charge is -2.13. The van der Waals surface area contributed by atoms with E-state index in [0.717, 1.165) is 19.5 Å². The van der Waals surface area contributed by atoms with Crippen LogP contribution in [-0.2, 0) is 0 Å². The third kappa shape index (κ3) is 4.44. The number of carbonyl (C=O) groups is 1. The lowest BCUT2D eigenvalue weighted by molar-refractivity contribution is 0.0947. The fourth-order valence-corrected chi connectivity index (χ4v) is 1.76. The first-order valence-corrected chi connectivity index (χ1v) is 6.44. The van der Waals surface area contributed by atoms with Gasteiger partial charge in [0.25, 0.3) is 5.91 Å². The highest BCUT2D eigenvalue weighted by molar-refractivity contribution is 5.99. The summed E-state index contributed by atoms with van der Waals surface area (Å²) in [5, 5.41) is 6.07. The molecule has 0 aliphatic heterocycles. The van der Waals surface area contributed by atoms with Crippen LogP contribution in [0.2, 0.25) is 0 Å². The molecule has 0 saturated carbocycles. The summed E-state index contributed by atoms with van der Waals surface area (Å²) >= 11 is 0. The molecule has 0 unspecified atom stereocenters. The third-order valence-electron chi connectivity index (χ3n) is 2.72.